The topological polar surface area (TPSA) is 35.2 Å². The van der Waals surface area contributed by atoms with E-state index in [9.17, 15) is 8.78 Å². The Morgan fingerprint density at radius 3 is 2.80 bits per heavy atom. The van der Waals surface area contributed by atoms with Crippen molar-refractivity contribution in [2.75, 3.05) is 6.61 Å². The lowest BCUT2D eigenvalue weighted by Gasteiger charge is -2.30. The summed E-state index contributed by atoms with van der Waals surface area (Å²) >= 11 is 0. The molecular weight excluding hydrogens is 260 g/mol. The van der Waals surface area contributed by atoms with Gasteiger partial charge in [-0.15, -0.1) is 0 Å². The summed E-state index contributed by atoms with van der Waals surface area (Å²) in [4.78, 5) is 0. The molecule has 2 atom stereocenters. The Labute approximate surface area is 116 Å². The van der Waals surface area contributed by atoms with Crippen molar-refractivity contribution in [2.45, 2.75) is 12.5 Å². The third-order valence-corrected chi connectivity index (χ3v) is 3.73. The molecule has 2 aromatic rings. The number of hydrogen-bond acceptors (Lipinski definition) is 2. The van der Waals surface area contributed by atoms with Gasteiger partial charge in [-0.2, -0.15) is 0 Å². The van der Waals surface area contributed by atoms with E-state index < -0.39 is 17.7 Å². The van der Waals surface area contributed by atoms with Gasteiger partial charge in [0.25, 0.3) is 0 Å². The van der Waals surface area contributed by atoms with Crippen LogP contribution < -0.4 is 10.5 Å². The Morgan fingerprint density at radius 2 is 1.95 bits per heavy atom. The summed E-state index contributed by atoms with van der Waals surface area (Å²) < 4.78 is 32.7. The molecule has 0 bridgehead atoms. The highest BCUT2D eigenvalue weighted by atomic mass is 19.1. The lowest BCUT2D eigenvalue weighted by molar-refractivity contribution is 0.198. The van der Waals surface area contributed by atoms with Crippen molar-refractivity contribution in [1.82, 2.24) is 0 Å². The van der Waals surface area contributed by atoms with Crippen LogP contribution in [0.5, 0.6) is 5.75 Å². The van der Waals surface area contributed by atoms with E-state index in [2.05, 4.69) is 0 Å². The van der Waals surface area contributed by atoms with Gasteiger partial charge in [0.05, 0.1) is 6.61 Å². The van der Waals surface area contributed by atoms with Crippen LogP contribution in [0.1, 0.15) is 17.2 Å². The van der Waals surface area contributed by atoms with E-state index in [1.807, 2.05) is 24.3 Å². The van der Waals surface area contributed by atoms with E-state index in [4.69, 9.17) is 10.5 Å². The maximum absolute atomic E-state index is 13.8. The number of rotatable bonds is 2. The highest BCUT2D eigenvalue weighted by Crippen LogP contribution is 2.33. The monoisotopic (exact) mass is 275 g/mol. The largest absolute Gasteiger partial charge is 0.493 e. The lowest BCUT2D eigenvalue weighted by Crippen LogP contribution is -2.32. The third kappa shape index (κ3) is 2.39. The molecule has 104 valence electrons. The molecule has 0 aromatic heterocycles. The quantitative estimate of drug-likeness (QED) is 0.913. The van der Waals surface area contributed by atoms with Gasteiger partial charge in [0.15, 0.2) is 0 Å². The summed E-state index contributed by atoms with van der Waals surface area (Å²) in [6.07, 6.45) is 0.702. The van der Waals surface area contributed by atoms with Crippen molar-refractivity contribution in [3.63, 3.8) is 0 Å². The van der Waals surface area contributed by atoms with Crippen molar-refractivity contribution in [3.05, 3.63) is 65.2 Å². The van der Waals surface area contributed by atoms with Crippen LogP contribution in [-0.4, -0.2) is 6.61 Å². The van der Waals surface area contributed by atoms with Gasteiger partial charge in [0, 0.05) is 17.5 Å². The standard InChI is InChI=1S/C16H15F2NO/c17-12-5-6-14(18)13(8-12)16(19)11-7-10-3-1-2-4-15(10)20-9-11/h1-6,8,11,16H,7,9,19H2. The van der Waals surface area contributed by atoms with Crippen LogP contribution in [-0.2, 0) is 6.42 Å². The summed E-state index contributed by atoms with van der Waals surface area (Å²) in [6.45, 7) is 0.411. The zero-order valence-electron chi connectivity index (χ0n) is 10.9. The molecule has 0 fully saturated rings. The molecule has 20 heavy (non-hydrogen) atoms. The highest BCUT2D eigenvalue weighted by molar-refractivity contribution is 5.36. The van der Waals surface area contributed by atoms with Crippen LogP contribution in [0.4, 0.5) is 8.78 Å². The minimum atomic E-state index is -0.584. The molecule has 1 aliphatic heterocycles. The van der Waals surface area contributed by atoms with Crippen molar-refractivity contribution < 1.29 is 13.5 Å². The van der Waals surface area contributed by atoms with Crippen molar-refractivity contribution in [3.8, 4) is 5.75 Å². The number of ether oxygens (including phenoxy) is 1. The smallest absolute Gasteiger partial charge is 0.128 e. The SMILES string of the molecule is NC(c1cc(F)ccc1F)C1COc2ccccc2C1. The zero-order chi connectivity index (χ0) is 14.1. The molecule has 0 amide bonds. The predicted octanol–water partition coefficient (Wildman–Crippen LogP) is 3.22. The van der Waals surface area contributed by atoms with Gasteiger partial charge in [0.1, 0.15) is 17.4 Å². The van der Waals surface area contributed by atoms with Crippen molar-refractivity contribution >= 4 is 0 Å². The van der Waals surface area contributed by atoms with Gasteiger partial charge in [-0.1, -0.05) is 18.2 Å². The second kappa shape index (κ2) is 5.21. The predicted molar refractivity (Wildman–Crippen MR) is 72.4 cm³/mol. The fourth-order valence-corrected chi connectivity index (χ4v) is 2.61. The molecule has 1 heterocycles. The first-order valence-electron chi connectivity index (χ1n) is 6.56. The first-order chi connectivity index (χ1) is 9.65. The van der Waals surface area contributed by atoms with E-state index in [0.29, 0.717) is 13.0 Å². The van der Waals surface area contributed by atoms with Gasteiger partial charge < -0.3 is 10.5 Å². The van der Waals surface area contributed by atoms with Crippen molar-refractivity contribution in [1.29, 1.82) is 0 Å². The molecule has 0 radical (unpaired) electrons. The molecule has 0 aliphatic carbocycles. The lowest BCUT2D eigenvalue weighted by atomic mass is 9.87. The Hall–Kier alpha value is -1.94. The van der Waals surface area contributed by atoms with Crippen LogP contribution in [0.2, 0.25) is 0 Å². The van der Waals surface area contributed by atoms with Crippen molar-refractivity contribution in [2.24, 2.45) is 11.7 Å². The fourth-order valence-electron chi connectivity index (χ4n) is 2.61. The normalized spacial score (nSPS) is 19.1. The summed E-state index contributed by atoms with van der Waals surface area (Å²) in [5, 5.41) is 0. The Bertz CT molecular complexity index is 630. The average molecular weight is 275 g/mol. The zero-order valence-corrected chi connectivity index (χ0v) is 10.9. The summed E-state index contributed by atoms with van der Waals surface area (Å²) in [7, 11) is 0. The molecule has 4 heteroatoms. The van der Waals surface area contributed by atoms with E-state index in [1.165, 1.54) is 6.07 Å². The number of fused-ring (bicyclic) bond motifs is 1. The average Bonchev–Trinajstić information content (AvgIpc) is 2.48. The van der Waals surface area contributed by atoms with Gasteiger partial charge in [-0.05, 0) is 36.2 Å². The van der Waals surface area contributed by atoms with Crippen LogP contribution in [0.15, 0.2) is 42.5 Å². The molecule has 0 saturated carbocycles. The van der Waals surface area contributed by atoms with E-state index in [0.717, 1.165) is 23.4 Å². The van der Waals surface area contributed by atoms with Gasteiger partial charge in [-0.3, -0.25) is 0 Å². The second-order valence-corrected chi connectivity index (χ2v) is 5.07. The fraction of sp³-hybridized carbons (Fsp3) is 0.250. The second-order valence-electron chi connectivity index (χ2n) is 5.07. The Balaban J connectivity index is 1.85. The van der Waals surface area contributed by atoms with Crippen LogP contribution in [0, 0.1) is 17.6 Å². The first-order valence-corrected chi connectivity index (χ1v) is 6.56. The molecule has 2 N–H and O–H groups in total. The molecule has 1 aliphatic rings. The molecule has 2 aromatic carbocycles. The van der Waals surface area contributed by atoms with Gasteiger partial charge in [-0.25, -0.2) is 8.78 Å². The number of benzene rings is 2. The van der Waals surface area contributed by atoms with Crippen LogP contribution in [0.3, 0.4) is 0 Å². The maximum Gasteiger partial charge on any atom is 0.128 e. The minimum Gasteiger partial charge on any atom is -0.493 e. The van der Waals surface area contributed by atoms with Crippen LogP contribution >= 0.6 is 0 Å². The Morgan fingerprint density at radius 1 is 1.15 bits per heavy atom. The summed E-state index contributed by atoms with van der Waals surface area (Å²) in [5.74, 6) is -0.177. The van der Waals surface area contributed by atoms with Crippen LogP contribution in [0.25, 0.3) is 0 Å². The summed E-state index contributed by atoms with van der Waals surface area (Å²) in [6, 6.07) is 10.5. The number of hydrogen-bond donors (Lipinski definition) is 1. The summed E-state index contributed by atoms with van der Waals surface area (Å²) in [5.41, 5.74) is 7.37. The molecular formula is C16H15F2NO. The maximum atomic E-state index is 13.8. The highest BCUT2D eigenvalue weighted by Gasteiger charge is 2.27. The number of halogens is 2. The third-order valence-electron chi connectivity index (χ3n) is 3.73. The van der Waals surface area contributed by atoms with Gasteiger partial charge in [0.2, 0.25) is 0 Å². The van der Waals surface area contributed by atoms with E-state index >= 15 is 0 Å². The molecule has 2 unspecified atom stereocenters. The molecule has 2 nitrogen and oxygen atoms in total. The molecule has 0 saturated heterocycles. The van der Waals surface area contributed by atoms with E-state index in [-0.39, 0.29) is 11.5 Å². The first kappa shape index (κ1) is 13.1. The molecule has 0 spiro atoms. The van der Waals surface area contributed by atoms with E-state index in [1.54, 1.807) is 0 Å². The number of para-hydroxylation sites is 1. The Kier molecular flexibility index (Phi) is 3.40. The minimum absolute atomic E-state index is 0.0683. The number of nitrogens with two attached hydrogens (primary N) is 1. The van der Waals surface area contributed by atoms with Gasteiger partial charge >= 0.3 is 0 Å². The molecule has 3 rings (SSSR count).